The van der Waals surface area contributed by atoms with Crippen molar-refractivity contribution in [1.82, 2.24) is 0 Å². The van der Waals surface area contributed by atoms with Crippen LogP contribution in [0.15, 0.2) is 0 Å². The zero-order chi connectivity index (χ0) is 7.40. The minimum absolute atomic E-state index is 0.875. The van der Waals surface area contributed by atoms with Crippen LogP contribution in [0, 0.1) is 18.8 Å². The first-order valence-corrected chi connectivity index (χ1v) is 4.64. The fraction of sp³-hybridized carbons (Fsp3) is 0.900. The molecule has 1 saturated carbocycles. The van der Waals surface area contributed by atoms with E-state index in [-0.39, 0.29) is 0 Å². The first-order valence-electron chi connectivity index (χ1n) is 4.64. The lowest BCUT2D eigenvalue weighted by molar-refractivity contribution is 0.264. The molecule has 1 atom stereocenters. The summed E-state index contributed by atoms with van der Waals surface area (Å²) < 4.78 is 0. The van der Waals surface area contributed by atoms with Gasteiger partial charge in [0.2, 0.25) is 0 Å². The van der Waals surface area contributed by atoms with Crippen LogP contribution in [-0.4, -0.2) is 0 Å². The van der Waals surface area contributed by atoms with Crippen molar-refractivity contribution in [3.05, 3.63) is 6.92 Å². The van der Waals surface area contributed by atoms with Gasteiger partial charge in [-0.15, -0.1) is 0 Å². The van der Waals surface area contributed by atoms with Crippen molar-refractivity contribution < 1.29 is 0 Å². The summed E-state index contributed by atoms with van der Waals surface area (Å²) in [5, 5.41) is 0. The minimum atomic E-state index is 0.875. The summed E-state index contributed by atoms with van der Waals surface area (Å²) in [7, 11) is 0. The van der Waals surface area contributed by atoms with Crippen LogP contribution in [0.1, 0.15) is 45.4 Å². The summed E-state index contributed by atoms with van der Waals surface area (Å²) in [5.41, 5.74) is 0. The molecule has 1 aliphatic carbocycles. The maximum absolute atomic E-state index is 3.96. The molecule has 10 heavy (non-hydrogen) atoms. The first-order chi connectivity index (χ1) is 4.84. The van der Waals surface area contributed by atoms with Gasteiger partial charge in [-0.3, -0.25) is 0 Å². The number of hydrogen-bond acceptors (Lipinski definition) is 0. The standard InChI is InChI=1S/C10H19/c1-3-9(2)10-7-5-4-6-8-10/h9-10H,1,3-8H2,2H3/t9-/m1/s1. The third-order valence-corrected chi connectivity index (χ3v) is 2.91. The van der Waals surface area contributed by atoms with Crippen molar-refractivity contribution in [2.45, 2.75) is 45.4 Å². The molecule has 0 heterocycles. The molecule has 0 saturated heterocycles. The van der Waals surface area contributed by atoms with Crippen molar-refractivity contribution in [1.29, 1.82) is 0 Å². The normalized spacial score (nSPS) is 24.6. The maximum atomic E-state index is 3.96. The lowest BCUT2D eigenvalue weighted by Crippen LogP contribution is -2.14. The Morgan fingerprint density at radius 3 is 2.40 bits per heavy atom. The Morgan fingerprint density at radius 2 is 1.90 bits per heavy atom. The predicted molar refractivity (Wildman–Crippen MR) is 45.7 cm³/mol. The average Bonchev–Trinajstić information content (AvgIpc) is 2.05. The third kappa shape index (κ3) is 2.00. The molecular formula is C10H19. The van der Waals surface area contributed by atoms with Gasteiger partial charge in [-0.05, 0) is 11.8 Å². The van der Waals surface area contributed by atoms with Crippen LogP contribution < -0.4 is 0 Å². The number of hydrogen-bond donors (Lipinski definition) is 0. The Bertz CT molecular complexity index is 80.0. The molecule has 0 aromatic carbocycles. The van der Waals surface area contributed by atoms with Gasteiger partial charge in [-0.25, -0.2) is 0 Å². The summed E-state index contributed by atoms with van der Waals surface area (Å²) >= 11 is 0. The van der Waals surface area contributed by atoms with E-state index >= 15 is 0 Å². The summed E-state index contributed by atoms with van der Waals surface area (Å²) in [6.45, 7) is 6.31. The van der Waals surface area contributed by atoms with E-state index in [0.29, 0.717) is 0 Å². The van der Waals surface area contributed by atoms with E-state index in [1.165, 1.54) is 32.1 Å². The fourth-order valence-corrected chi connectivity index (χ4v) is 1.94. The van der Waals surface area contributed by atoms with E-state index in [9.17, 15) is 0 Å². The third-order valence-electron chi connectivity index (χ3n) is 2.91. The second-order valence-corrected chi connectivity index (χ2v) is 3.66. The van der Waals surface area contributed by atoms with Crippen molar-refractivity contribution in [2.24, 2.45) is 11.8 Å². The predicted octanol–water partition coefficient (Wildman–Crippen LogP) is 3.43. The molecule has 0 aliphatic heterocycles. The van der Waals surface area contributed by atoms with Crippen LogP contribution in [0.2, 0.25) is 0 Å². The Kier molecular flexibility index (Phi) is 3.24. The molecule has 0 unspecified atom stereocenters. The smallest absolute Gasteiger partial charge is 0.0388 e. The highest BCUT2D eigenvalue weighted by Crippen LogP contribution is 2.30. The number of rotatable bonds is 2. The largest absolute Gasteiger partial charge is 0.0622 e. The van der Waals surface area contributed by atoms with Gasteiger partial charge in [0.15, 0.2) is 0 Å². The molecule has 0 heteroatoms. The molecule has 0 aromatic heterocycles. The summed E-state index contributed by atoms with van der Waals surface area (Å²) in [6, 6.07) is 0. The summed E-state index contributed by atoms with van der Waals surface area (Å²) in [5.74, 6) is 1.88. The SMILES string of the molecule is [CH2]C[C@@H](C)C1CCCCC1. The molecule has 0 nitrogen and oxygen atoms in total. The minimum Gasteiger partial charge on any atom is -0.0622 e. The van der Waals surface area contributed by atoms with Crippen LogP contribution >= 0.6 is 0 Å². The fourth-order valence-electron chi connectivity index (χ4n) is 1.94. The van der Waals surface area contributed by atoms with Gasteiger partial charge in [0, 0.05) is 0 Å². The quantitative estimate of drug-likeness (QED) is 0.550. The zero-order valence-electron chi connectivity index (χ0n) is 7.10. The van der Waals surface area contributed by atoms with E-state index in [0.717, 1.165) is 18.3 Å². The van der Waals surface area contributed by atoms with Crippen molar-refractivity contribution in [3.8, 4) is 0 Å². The monoisotopic (exact) mass is 139 g/mol. The van der Waals surface area contributed by atoms with E-state index in [1.807, 2.05) is 0 Å². The molecule has 1 aliphatic rings. The van der Waals surface area contributed by atoms with E-state index < -0.39 is 0 Å². The van der Waals surface area contributed by atoms with Gasteiger partial charge in [0.05, 0.1) is 0 Å². The molecule has 0 aromatic rings. The zero-order valence-corrected chi connectivity index (χ0v) is 7.10. The molecule has 1 rings (SSSR count). The van der Waals surface area contributed by atoms with Crippen LogP contribution in [0.5, 0.6) is 0 Å². The molecule has 0 bridgehead atoms. The van der Waals surface area contributed by atoms with Gasteiger partial charge in [-0.1, -0.05) is 52.4 Å². The van der Waals surface area contributed by atoms with Crippen LogP contribution in [0.4, 0.5) is 0 Å². The Labute approximate surface area is 65.0 Å². The van der Waals surface area contributed by atoms with Crippen LogP contribution in [0.3, 0.4) is 0 Å². The van der Waals surface area contributed by atoms with Gasteiger partial charge < -0.3 is 0 Å². The molecule has 0 N–H and O–H groups in total. The lowest BCUT2D eigenvalue weighted by Gasteiger charge is -2.26. The van der Waals surface area contributed by atoms with Crippen LogP contribution in [-0.2, 0) is 0 Å². The second kappa shape index (κ2) is 4.00. The van der Waals surface area contributed by atoms with Gasteiger partial charge in [0.25, 0.3) is 0 Å². The van der Waals surface area contributed by atoms with Crippen molar-refractivity contribution in [2.75, 3.05) is 0 Å². The Morgan fingerprint density at radius 1 is 1.30 bits per heavy atom. The molecule has 0 spiro atoms. The highest BCUT2D eigenvalue weighted by molar-refractivity contribution is 4.71. The maximum Gasteiger partial charge on any atom is -0.0388 e. The summed E-state index contributed by atoms with van der Waals surface area (Å²) in [4.78, 5) is 0. The van der Waals surface area contributed by atoms with E-state index in [4.69, 9.17) is 0 Å². The first kappa shape index (κ1) is 8.10. The molecule has 59 valence electrons. The van der Waals surface area contributed by atoms with E-state index in [1.54, 1.807) is 0 Å². The lowest BCUT2D eigenvalue weighted by atomic mass is 9.80. The average molecular weight is 139 g/mol. The molecule has 0 amide bonds. The highest BCUT2D eigenvalue weighted by Gasteiger charge is 2.17. The molecular weight excluding hydrogens is 120 g/mol. The summed E-state index contributed by atoms with van der Waals surface area (Å²) in [6.07, 6.45) is 8.47. The topological polar surface area (TPSA) is 0 Å². The van der Waals surface area contributed by atoms with Gasteiger partial charge >= 0.3 is 0 Å². The van der Waals surface area contributed by atoms with Gasteiger partial charge in [0.1, 0.15) is 0 Å². The van der Waals surface area contributed by atoms with Crippen molar-refractivity contribution >= 4 is 0 Å². The second-order valence-electron chi connectivity index (χ2n) is 3.66. The molecule has 1 fully saturated rings. The van der Waals surface area contributed by atoms with Crippen molar-refractivity contribution in [3.63, 3.8) is 0 Å². The highest BCUT2D eigenvalue weighted by atomic mass is 14.2. The molecule has 1 radical (unpaired) electrons. The van der Waals surface area contributed by atoms with E-state index in [2.05, 4.69) is 13.8 Å². The Balaban J connectivity index is 2.24. The van der Waals surface area contributed by atoms with Crippen LogP contribution in [0.25, 0.3) is 0 Å². The van der Waals surface area contributed by atoms with Gasteiger partial charge in [-0.2, -0.15) is 0 Å². The Hall–Kier alpha value is 0.